The summed E-state index contributed by atoms with van der Waals surface area (Å²) in [6.07, 6.45) is 7.59. The molecular formula is C60H37N5. The third kappa shape index (κ3) is 6.40. The number of hydrogen-bond donors (Lipinski definition) is 0. The predicted octanol–water partition coefficient (Wildman–Crippen LogP) is 15.8. The average molecular weight is 828 g/mol. The summed E-state index contributed by atoms with van der Waals surface area (Å²) in [4.78, 5) is 21.5. The summed E-state index contributed by atoms with van der Waals surface area (Å²) in [5, 5.41) is 13.9. The van der Waals surface area contributed by atoms with Gasteiger partial charge in [-0.2, -0.15) is 0 Å². The van der Waals surface area contributed by atoms with Gasteiger partial charge in [-0.05, 0) is 127 Å². The molecule has 0 radical (unpaired) electrons. The molecule has 9 aromatic carbocycles. The summed E-state index contributed by atoms with van der Waals surface area (Å²) < 4.78 is 0. The first kappa shape index (κ1) is 36.8. The maximum atomic E-state index is 4.92. The number of pyridine rings is 4. The molecule has 0 N–H and O–H groups in total. The molecule has 0 unspecified atom stereocenters. The SMILES string of the molecule is c1ccc2cc(-c3ccc4c(ccc5cc(N(c6ccc(-c7cc8ccc9cccnc9c8cn7)cc6)c6ccc(-c7cc8ccc9cccnc9c8cn7)cc6)ccc54)c3)ccc2c1. The van der Waals surface area contributed by atoms with Gasteiger partial charge >= 0.3 is 0 Å². The smallest absolute Gasteiger partial charge is 0.0795 e. The van der Waals surface area contributed by atoms with E-state index in [0.717, 1.165) is 82.9 Å². The van der Waals surface area contributed by atoms with Crippen LogP contribution in [-0.2, 0) is 0 Å². The van der Waals surface area contributed by atoms with Crippen LogP contribution in [0.4, 0.5) is 17.1 Å². The van der Waals surface area contributed by atoms with Crippen LogP contribution in [0.2, 0.25) is 0 Å². The molecule has 0 spiro atoms. The molecule has 0 saturated heterocycles. The van der Waals surface area contributed by atoms with Crippen molar-refractivity contribution >= 4 is 92.7 Å². The lowest BCUT2D eigenvalue weighted by molar-refractivity contribution is 1.28. The minimum Gasteiger partial charge on any atom is -0.310 e. The van der Waals surface area contributed by atoms with Gasteiger partial charge in [0.05, 0.1) is 22.4 Å². The van der Waals surface area contributed by atoms with Crippen LogP contribution >= 0.6 is 0 Å². The fraction of sp³-hybridized carbons (Fsp3) is 0. The van der Waals surface area contributed by atoms with E-state index in [1.54, 1.807) is 0 Å². The minimum absolute atomic E-state index is 0.920. The van der Waals surface area contributed by atoms with E-state index in [0.29, 0.717) is 0 Å². The van der Waals surface area contributed by atoms with Crippen LogP contribution in [0.5, 0.6) is 0 Å². The number of rotatable bonds is 6. The van der Waals surface area contributed by atoms with E-state index in [1.165, 1.54) is 43.4 Å². The van der Waals surface area contributed by atoms with Gasteiger partial charge in [0.2, 0.25) is 0 Å². The van der Waals surface area contributed by atoms with Crippen LogP contribution in [0.25, 0.3) is 109 Å². The number of fused-ring (bicyclic) bond motifs is 10. The number of nitrogens with zero attached hydrogens (tertiary/aromatic N) is 5. The van der Waals surface area contributed by atoms with Gasteiger partial charge in [0, 0.05) is 74.5 Å². The van der Waals surface area contributed by atoms with Crippen LogP contribution in [0, 0.1) is 0 Å². The first-order valence-electron chi connectivity index (χ1n) is 21.9. The topological polar surface area (TPSA) is 54.8 Å². The van der Waals surface area contributed by atoms with Crippen molar-refractivity contribution < 1.29 is 0 Å². The van der Waals surface area contributed by atoms with Gasteiger partial charge in [-0.15, -0.1) is 0 Å². The summed E-state index contributed by atoms with van der Waals surface area (Å²) in [6.45, 7) is 0. The van der Waals surface area contributed by atoms with Gasteiger partial charge < -0.3 is 4.90 Å². The minimum atomic E-state index is 0.920. The Kier molecular flexibility index (Phi) is 8.46. The van der Waals surface area contributed by atoms with Crippen molar-refractivity contribution in [3.8, 4) is 33.6 Å². The Morgan fingerprint density at radius 1 is 0.262 bits per heavy atom. The van der Waals surface area contributed by atoms with E-state index >= 15 is 0 Å². The first-order valence-corrected chi connectivity index (χ1v) is 21.9. The molecule has 0 amide bonds. The fourth-order valence-electron chi connectivity index (χ4n) is 9.60. The quantitative estimate of drug-likeness (QED) is 0.156. The van der Waals surface area contributed by atoms with Crippen LogP contribution in [0.15, 0.2) is 225 Å². The highest BCUT2D eigenvalue weighted by atomic mass is 15.1. The van der Waals surface area contributed by atoms with Gasteiger partial charge in [0.25, 0.3) is 0 Å². The van der Waals surface area contributed by atoms with Crippen molar-refractivity contribution in [3.63, 3.8) is 0 Å². The largest absolute Gasteiger partial charge is 0.310 e. The summed E-state index contributed by atoms with van der Waals surface area (Å²) in [6, 6.07) is 71.9. The van der Waals surface area contributed by atoms with Gasteiger partial charge in [0.15, 0.2) is 0 Å². The molecule has 0 aliphatic rings. The molecule has 13 rings (SSSR count). The normalized spacial score (nSPS) is 11.7. The Labute approximate surface area is 374 Å². The molecule has 0 bridgehead atoms. The third-order valence-corrected chi connectivity index (χ3v) is 12.9. The Morgan fingerprint density at radius 2 is 0.677 bits per heavy atom. The maximum absolute atomic E-state index is 4.92. The molecule has 4 heterocycles. The van der Waals surface area contributed by atoms with E-state index < -0.39 is 0 Å². The van der Waals surface area contributed by atoms with Gasteiger partial charge in [-0.1, -0.05) is 127 Å². The van der Waals surface area contributed by atoms with E-state index in [9.17, 15) is 0 Å². The highest BCUT2D eigenvalue weighted by Gasteiger charge is 2.16. The molecule has 13 aromatic rings. The number of benzene rings is 9. The van der Waals surface area contributed by atoms with Crippen molar-refractivity contribution in [2.75, 3.05) is 4.90 Å². The third-order valence-electron chi connectivity index (χ3n) is 12.9. The molecular weight excluding hydrogens is 791 g/mol. The fourth-order valence-corrected chi connectivity index (χ4v) is 9.60. The standard InChI is InChI=1S/C60H37N5/c1-2-6-43-31-44(12-9-38(43)5-1)45-21-27-53-46(32-45)15-16-47-33-52(26-28-54(47)53)65(50-22-17-39(18-23-50)57-34-48-13-10-41-7-3-29-61-59(41)55(48)36-63-57)51-24-19-40(20-25-51)58-35-49-14-11-42-8-4-30-62-60(42)56(49)37-64-58/h1-37H. The average Bonchev–Trinajstić information content (AvgIpc) is 3.38. The van der Waals surface area contributed by atoms with Gasteiger partial charge in [-0.25, -0.2) is 0 Å². The number of anilines is 3. The molecule has 302 valence electrons. The molecule has 0 saturated carbocycles. The van der Waals surface area contributed by atoms with Crippen molar-refractivity contribution in [1.82, 2.24) is 19.9 Å². The van der Waals surface area contributed by atoms with Crippen molar-refractivity contribution in [3.05, 3.63) is 225 Å². The lowest BCUT2D eigenvalue weighted by Gasteiger charge is -2.26. The van der Waals surface area contributed by atoms with Crippen LogP contribution in [0.3, 0.4) is 0 Å². The van der Waals surface area contributed by atoms with Crippen LogP contribution < -0.4 is 4.90 Å². The summed E-state index contributed by atoms with van der Waals surface area (Å²) in [5.74, 6) is 0. The van der Waals surface area contributed by atoms with Crippen molar-refractivity contribution in [2.45, 2.75) is 0 Å². The molecule has 0 atom stereocenters. The van der Waals surface area contributed by atoms with Gasteiger partial charge in [-0.3, -0.25) is 19.9 Å². The Bertz CT molecular complexity index is 3850. The second kappa shape index (κ2) is 14.9. The van der Waals surface area contributed by atoms with E-state index in [4.69, 9.17) is 9.97 Å². The highest BCUT2D eigenvalue weighted by Crippen LogP contribution is 2.40. The zero-order chi connectivity index (χ0) is 42.8. The second-order valence-electron chi connectivity index (χ2n) is 16.8. The highest BCUT2D eigenvalue weighted by molar-refractivity contribution is 6.10. The van der Waals surface area contributed by atoms with Crippen molar-refractivity contribution in [2.24, 2.45) is 0 Å². The zero-order valence-corrected chi connectivity index (χ0v) is 35.1. The zero-order valence-electron chi connectivity index (χ0n) is 35.1. The second-order valence-corrected chi connectivity index (χ2v) is 16.8. The van der Waals surface area contributed by atoms with E-state index in [-0.39, 0.29) is 0 Å². The Hall–Kier alpha value is -8.80. The molecule has 4 aromatic heterocycles. The number of aromatic nitrogens is 4. The van der Waals surface area contributed by atoms with Gasteiger partial charge in [0.1, 0.15) is 0 Å². The molecule has 5 nitrogen and oxygen atoms in total. The summed E-state index contributed by atoms with van der Waals surface area (Å²) in [5.41, 5.74) is 11.5. The van der Waals surface area contributed by atoms with E-state index in [2.05, 4.69) is 203 Å². The van der Waals surface area contributed by atoms with Crippen molar-refractivity contribution in [1.29, 1.82) is 0 Å². The lowest BCUT2D eigenvalue weighted by atomic mass is 9.96. The monoisotopic (exact) mass is 827 g/mol. The predicted molar refractivity (Wildman–Crippen MR) is 271 cm³/mol. The maximum Gasteiger partial charge on any atom is 0.0795 e. The molecule has 0 fully saturated rings. The van der Waals surface area contributed by atoms with Crippen LogP contribution in [0.1, 0.15) is 0 Å². The molecule has 0 aliphatic heterocycles. The summed E-state index contributed by atoms with van der Waals surface area (Å²) in [7, 11) is 0. The Balaban J connectivity index is 0.882. The molecule has 5 heteroatoms. The molecule has 0 aliphatic carbocycles. The Morgan fingerprint density at radius 3 is 1.26 bits per heavy atom. The van der Waals surface area contributed by atoms with Crippen LogP contribution in [-0.4, -0.2) is 19.9 Å². The summed E-state index contributed by atoms with van der Waals surface area (Å²) >= 11 is 0. The molecule has 65 heavy (non-hydrogen) atoms. The lowest BCUT2D eigenvalue weighted by Crippen LogP contribution is -2.10. The number of hydrogen-bond acceptors (Lipinski definition) is 5. The first-order chi connectivity index (χ1) is 32.2. The van der Waals surface area contributed by atoms with E-state index in [1.807, 2.05) is 36.9 Å².